The number of methoxy groups -OCH3 is 1. The Bertz CT molecular complexity index is 1310. The summed E-state index contributed by atoms with van der Waals surface area (Å²) in [5.41, 5.74) is 8.48. The van der Waals surface area contributed by atoms with Gasteiger partial charge in [0.05, 0.1) is 42.9 Å². The van der Waals surface area contributed by atoms with Crippen LogP contribution in [0, 0.1) is 5.92 Å². The number of nitrogen functional groups attached to an aromatic ring is 1. The van der Waals surface area contributed by atoms with Crippen molar-refractivity contribution in [2.45, 2.75) is 26.5 Å². The fraction of sp³-hybridized carbons (Fsp3) is 0.261. The van der Waals surface area contributed by atoms with Gasteiger partial charge in [0.15, 0.2) is 5.82 Å². The average Bonchev–Trinajstić information content (AvgIpc) is 3.32. The molecule has 1 atom stereocenters. The summed E-state index contributed by atoms with van der Waals surface area (Å²) in [7, 11) is 1.55. The summed E-state index contributed by atoms with van der Waals surface area (Å²) in [5.74, 6) is 0.245. The average molecular weight is 469 g/mol. The SMILES string of the molecule is COc1ccc(Cl)cc1-c1c(NC(=O)c2c(N)nn3ccccc23)cnn1CC(O)C(C)C. The molecule has 1 amide bonds. The van der Waals surface area contributed by atoms with Gasteiger partial charge >= 0.3 is 0 Å². The van der Waals surface area contributed by atoms with Crippen LogP contribution < -0.4 is 15.8 Å². The zero-order valence-corrected chi connectivity index (χ0v) is 19.2. The predicted octanol–water partition coefficient (Wildman–Crippen LogP) is 3.71. The number of aliphatic hydroxyl groups excluding tert-OH is 1. The van der Waals surface area contributed by atoms with Gasteiger partial charge in [0.1, 0.15) is 11.3 Å². The smallest absolute Gasteiger partial charge is 0.261 e. The number of carbonyl (C=O) groups excluding carboxylic acids is 1. The van der Waals surface area contributed by atoms with E-state index >= 15 is 0 Å². The Morgan fingerprint density at radius 2 is 2.09 bits per heavy atom. The number of aliphatic hydroxyl groups is 1. The number of halogens is 1. The molecular weight excluding hydrogens is 444 g/mol. The Morgan fingerprint density at radius 1 is 1.30 bits per heavy atom. The molecule has 0 saturated carbocycles. The van der Waals surface area contributed by atoms with Gasteiger partial charge < -0.3 is 20.9 Å². The van der Waals surface area contributed by atoms with Crippen molar-refractivity contribution in [2.24, 2.45) is 5.92 Å². The van der Waals surface area contributed by atoms with Crippen LogP contribution in [0.4, 0.5) is 11.5 Å². The summed E-state index contributed by atoms with van der Waals surface area (Å²) in [6.07, 6.45) is 2.60. The third kappa shape index (κ3) is 4.37. The molecule has 0 aliphatic carbocycles. The number of benzene rings is 1. The summed E-state index contributed by atoms with van der Waals surface area (Å²) in [5, 5.41) is 22.5. The summed E-state index contributed by atoms with van der Waals surface area (Å²) in [4.78, 5) is 13.3. The normalized spacial score (nSPS) is 12.3. The number of nitrogens with two attached hydrogens (primary N) is 1. The van der Waals surface area contributed by atoms with Gasteiger partial charge in [-0.3, -0.25) is 9.48 Å². The Hall–Kier alpha value is -3.56. The maximum absolute atomic E-state index is 13.3. The standard InChI is InChI=1S/C23H25ClN6O3/c1-13(2)18(31)12-30-21(15-10-14(24)7-8-19(15)33-3)16(11-26-30)27-23(32)20-17-6-4-5-9-29(17)28-22(20)25/h4-11,13,18,31H,12H2,1-3H3,(H2,25,28)(H,27,32). The molecule has 0 spiro atoms. The van der Waals surface area contributed by atoms with E-state index < -0.39 is 12.0 Å². The number of fused-ring (bicyclic) bond motifs is 1. The molecule has 4 N–H and O–H groups in total. The second kappa shape index (κ2) is 9.13. The van der Waals surface area contributed by atoms with Crippen LogP contribution in [0.3, 0.4) is 0 Å². The van der Waals surface area contributed by atoms with E-state index in [0.717, 1.165) is 0 Å². The molecule has 0 saturated heterocycles. The zero-order valence-electron chi connectivity index (χ0n) is 18.5. The Balaban J connectivity index is 1.80. The number of aromatic nitrogens is 4. The van der Waals surface area contributed by atoms with Crippen molar-refractivity contribution in [1.82, 2.24) is 19.4 Å². The lowest BCUT2D eigenvalue weighted by Crippen LogP contribution is -2.23. The Kier molecular flexibility index (Phi) is 6.26. The number of nitrogens with one attached hydrogen (secondary N) is 1. The van der Waals surface area contributed by atoms with Crippen molar-refractivity contribution >= 4 is 34.5 Å². The minimum Gasteiger partial charge on any atom is -0.496 e. The molecule has 33 heavy (non-hydrogen) atoms. The molecule has 4 rings (SSSR count). The molecular formula is C23H25ClN6O3. The molecule has 0 fully saturated rings. The quantitative estimate of drug-likeness (QED) is 0.380. The second-order valence-corrected chi connectivity index (χ2v) is 8.43. The van der Waals surface area contributed by atoms with E-state index in [1.807, 2.05) is 13.8 Å². The number of pyridine rings is 1. The summed E-state index contributed by atoms with van der Waals surface area (Å²) in [6.45, 7) is 4.06. The van der Waals surface area contributed by atoms with E-state index in [1.165, 1.54) is 6.20 Å². The molecule has 1 aromatic carbocycles. The lowest BCUT2D eigenvalue weighted by atomic mass is 10.1. The van der Waals surface area contributed by atoms with E-state index in [1.54, 1.807) is 58.9 Å². The molecule has 9 nitrogen and oxygen atoms in total. The number of nitrogens with zero attached hydrogens (tertiary/aromatic N) is 4. The molecule has 172 valence electrons. The highest BCUT2D eigenvalue weighted by Crippen LogP contribution is 2.37. The van der Waals surface area contributed by atoms with Gasteiger partial charge in [-0.1, -0.05) is 31.5 Å². The van der Waals surface area contributed by atoms with Crippen molar-refractivity contribution in [1.29, 1.82) is 0 Å². The van der Waals surface area contributed by atoms with Gasteiger partial charge in [-0.2, -0.15) is 5.10 Å². The molecule has 3 aromatic heterocycles. The van der Waals surface area contributed by atoms with Crippen LogP contribution in [0.2, 0.25) is 5.02 Å². The lowest BCUT2D eigenvalue weighted by molar-refractivity contribution is 0.102. The highest BCUT2D eigenvalue weighted by atomic mass is 35.5. The van der Waals surface area contributed by atoms with E-state index in [-0.39, 0.29) is 23.8 Å². The third-order valence-electron chi connectivity index (χ3n) is 5.43. The lowest BCUT2D eigenvalue weighted by Gasteiger charge is -2.18. The molecule has 3 heterocycles. The molecule has 0 aliphatic rings. The van der Waals surface area contributed by atoms with Crippen molar-refractivity contribution in [2.75, 3.05) is 18.2 Å². The Labute approximate surface area is 195 Å². The minimum absolute atomic E-state index is 0.0138. The van der Waals surface area contributed by atoms with E-state index in [0.29, 0.717) is 33.2 Å². The van der Waals surface area contributed by atoms with Gasteiger partial charge in [0.25, 0.3) is 5.91 Å². The summed E-state index contributed by atoms with van der Waals surface area (Å²) >= 11 is 6.28. The number of ether oxygens (including phenoxy) is 1. The van der Waals surface area contributed by atoms with Gasteiger partial charge in [-0.15, -0.1) is 5.10 Å². The number of amides is 1. The largest absolute Gasteiger partial charge is 0.496 e. The van der Waals surface area contributed by atoms with E-state index in [9.17, 15) is 9.90 Å². The monoisotopic (exact) mass is 468 g/mol. The van der Waals surface area contributed by atoms with Crippen molar-refractivity contribution in [3.05, 3.63) is 59.4 Å². The maximum Gasteiger partial charge on any atom is 0.261 e. The number of hydrogen-bond acceptors (Lipinski definition) is 6. The zero-order chi connectivity index (χ0) is 23.7. The summed E-state index contributed by atoms with van der Waals surface area (Å²) in [6, 6.07) is 10.6. The fourth-order valence-electron chi connectivity index (χ4n) is 3.59. The van der Waals surface area contributed by atoms with Crippen LogP contribution in [-0.4, -0.2) is 43.6 Å². The first kappa shape index (κ1) is 22.6. The molecule has 0 aliphatic heterocycles. The van der Waals surface area contributed by atoms with Crippen LogP contribution in [0.5, 0.6) is 5.75 Å². The van der Waals surface area contributed by atoms with Crippen LogP contribution in [0.25, 0.3) is 16.8 Å². The van der Waals surface area contributed by atoms with Gasteiger partial charge in [-0.25, -0.2) is 4.52 Å². The highest BCUT2D eigenvalue weighted by Gasteiger charge is 2.24. The first-order chi connectivity index (χ1) is 15.8. The van der Waals surface area contributed by atoms with Crippen LogP contribution in [0.1, 0.15) is 24.2 Å². The minimum atomic E-state index is -0.646. The second-order valence-electron chi connectivity index (χ2n) is 7.99. The number of carbonyl (C=O) groups is 1. The fourth-order valence-corrected chi connectivity index (χ4v) is 3.76. The molecule has 1 unspecified atom stereocenters. The maximum atomic E-state index is 13.3. The van der Waals surface area contributed by atoms with E-state index in [2.05, 4.69) is 15.5 Å². The highest BCUT2D eigenvalue weighted by molar-refractivity contribution is 6.31. The molecule has 0 bridgehead atoms. The Morgan fingerprint density at radius 3 is 2.82 bits per heavy atom. The first-order valence-corrected chi connectivity index (χ1v) is 10.8. The predicted molar refractivity (Wildman–Crippen MR) is 128 cm³/mol. The van der Waals surface area contributed by atoms with E-state index in [4.69, 9.17) is 22.1 Å². The molecule has 10 heteroatoms. The van der Waals surface area contributed by atoms with Gasteiger partial charge in [-0.05, 0) is 36.2 Å². The number of rotatable bonds is 7. The van der Waals surface area contributed by atoms with Crippen LogP contribution >= 0.6 is 11.6 Å². The third-order valence-corrected chi connectivity index (χ3v) is 5.66. The van der Waals surface area contributed by atoms with Crippen LogP contribution in [-0.2, 0) is 6.54 Å². The van der Waals surface area contributed by atoms with Gasteiger partial charge in [0.2, 0.25) is 0 Å². The molecule has 4 aromatic rings. The number of hydrogen-bond donors (Lipinski definition) is 3. The van der Waals surface area contributed by atoms with Gasteiger partial charge in [0, 0.05) is 16.8 Å². The first-order valence-electron chi connectivity index (χ1n) is 10.4. The summed E-state index contributed by atoms with van der Waals surface area (Å²) < 4.78 is 8.71. The van der Waals surface area contributed by atoms with Crippen LogP contribution in [0.15, 0.2) is 48.8 Å². The van der Waals surface area contributed by atoms with Crippen molar-refractivity contribution in [3.63, 3.8) is 0 Å². The number of anilines is 2. The topological polar surface area (TPSA) is 120 Å². The molecule has 0 radical (unpaired) electrons. The van der Waals surface area contributed by atoms with Crippen molar-refractivity contribution < 1.29 is 14.6 Å². The van der Waals surface area contributed by atoms with Crippen molar-refractivity contribution in [3.8, 4) is 17.0 Å².